The Hall–Kier alpha value is -1.33. The highest BCUT2D eigenvalue weighted by Crippen LogP contribution is 2.11. The largest absolute Gasteiger partial charge is 0.492 e. The van der Waals surface area contributed by atoms with E-state index in [0.717, 1.165) is 4.48 Å². The summed E-state index contributed by atoms with van der Waals surface area (Å²) in [4.78, 5) is 10.6. The Morgan fingerprint density at radius 1 is 1.41 bits per heavy atom. The highest BCUT2D eigenvalue weighted by Gasteiger charge is 2.01. The van der Waals surface area contributed by atoms with Crippen LogP contribution in [0.25, 0.3) is 0 Å². The summed E-state index contributed by atoms with van der Waals surface area (Å²) in [6.45, 7) is 5.61. The fourth-order valence-electron chi connectivity index (χ4n) is 1.16. The molecule has 0 spiro atoms. The number of carbonyl (C=O) groups is 1. The SMILES string of the molecule is C=C(Br)CNCCOc1ccc(C(=O)O)cc1. The van der Waals surface area contributed by atoms with E-state index in [4.69, 9.17) is 9.84 Å². The van der Waals surface area contributed by atoms with Gasteiger partial charge in [0.2, 0.25) is 0 Å². The van der Waals surface area contributed by atoms with Crippen molar-refractivity contribution in [3.8, 4) is 5.75 Å². The van der Waals surface area contributed by atoms with Gasteiger partial charge in [-0.1, -0.05) is 22.5 Å². The van der Waals surface area contributed by atoms with E-state index in [1.807, 2.05) is 0 Å². The van der Waals surface area contributed by atoms with Crippen molar-refractivity contribution in [3.63, 3.8) is 0 Å². The second-order valence-electron chi connectivity index (χ2n) is 3.37. The number of hydrogen-bond acceptors (Lipinski definition) is 3. The number of benzene rings is 1. The van der Waals surface area contributed by atoms with Crippen LogP contribution in [0.2, 0.25) is 0 Å². The standard InChI is InChI=1S/C12H14BrNO3/c1-9(13)8-14-6-7-17-11-4-2-10(3-5-11)12(15)16/h2-5,14H,1,6-8H2,(H,15,16). The molecule has 2 N–H and O–H groups in total. The van der Waals surface area contributed by atoms with Crippen LogP contribution in [0.5, 0.6) is 5.75 Å². The van der Waals surface area contributed by atoms with Crippen LogP contribution >= 0.6 is 15.9 Å². The zero-order valence-corrected chi connectivity index (χ0v) is 10.9. The molecular weight excluding hydrogens is 286 g/mol. The second-order valence-corrected chi connectivity index (χ2v) is 4.49. The Balaban J connectivity index is 2.27. The summed E-state index contributed by atoms with van der Waals surface area (Å²) in [7, 11) is 0. The van der Waals surface area contributed by atoms with Crippen molar-refractivity contribution >= 4 is 21.9 Å². The number of hydrogen-bond donors (Lipinski definition) is 2. The summed E-state index contributed by atoms with van der Waals surface area (Å²) in [5.41, 5.74) is 0.256. The Morgan fingerprint density at radius 3 is 2.59 bits per heavy atom. The molecule has 0 heterocycles. The number of carboxylic acids is 1. The third-order valence-electron chi connectivity index (χ3n) is 1.97. The van der Waals surface area contributed by atoms with Crippen molar-refractivity contribution in [2.75, 3.05) is 19.7 Å². The van der Waals surface area contributed by atoms with Crippen molar-refractivity contribution in [3.05, 3.63) is 40.9 Å². The minimum absolute atomic E-state index is 0.256. The number of rotatable bonds is 7. The normalized spacial score (nSPS) is 9.94. The van der Waals surface area contributed by atoms with Crippen LogP contribution < -0.4 is 10.1 Å². The number of halogens is 1. The molecule has 0 radical (unpaired) electrons. The maximum absolute atomic E-state index is 10.6. The second kappa shape index (κ2) is 7.09. The molecule has 4 nitrogen and oxygen atoms in total. The van der Waals surface area contributed by atoms with Gasteiger partial charge in [-0.3, -0.25) is 0 Å². The van der Waals surface area contributed by atoms with Gasteiger partial charge in [-0.15, -0.1) is 0 Å². The van der Waals surface area contributed by atoms with Crippen molar-refractivity contribution < 1.29 is 14.6 Å². The Kier molecular flexibility index (Phi) is 5.72. The predicted molar refractivity (Wildman–Crippen MR) is 69.8 cm³/mol. The topological polar surface area (TPSA) is 58.6 Å². The van der Waals surface area contributed by atoms with Crippen LogP contribution in [0.1, 0.15) is 10.4 Å². The average molecular weight is 300 g/mol. The molecule has 0 aromatic heterocycles. The summed E-state index contributed by atoms with van der Waals surface area (Å²) < 4.78 is 6.31. The van der Waals surface area contributed by atoms with Crippen molar-refractivity contribution in [1.29, 1.82) is 0 Å². The zero-order valence-electron chi connectivity index (χ0n) is 9.28. The van der Waals surface area contributed by atoms with Gasteiger partial charge < -0.3 is 15.2 Å². The molecule has 0 bridgehead atoms. The molecule has 1 aromatic carbocycles. The Morgan fingerprint density at radius 2 is 2.06 bits per heavy atom. The van der Waals surface area contributed by atoms with Crippen LogP contribution in [0.15, 0.2) is 35.3 Å². The summed E-state index contributed by atoms with van der Waals surface area (Å²) in [6.07, 6.45) is 0. The molecule has 92 valence electrons. The minimum Gasteiger partial charge on any atom is -0.492 e. The lowest BCUT2D eigenvalue weighted by Crippen LogP contribution is -2.21. The molecule has 0 unspecified atom stereocenters. The summed E-state index contributed by atoms with van der Waals surface area (Å²) in [5.74, 6) is -0.275. The van der Waals surface area contributed by atoms with Gasteiger partial charge >= 0.3 is 5.97 Å². The van der Waals surface area contributed by atoms with E-state index in [1.165, 1.54) is 12.1 Å². The van der Waals surface area contributed by atoms with Gasteiger partial charge in [-0.2, -0.15) is 0 Å². The summed E-state index contributed by atoms with van der Waals surface area (Å²) in [5, 5.41) is 11.8. The number of nitrogens with one attached hydrogen (secondary N) is 1. The van der Waals surface area contributed by atoms with Crippen LogP contribution in [-0.2, 0) is 0 Å². The molecule has 0 saturated carbocycles. The van der Waals surface area contributed by atoms with E-state index in [1.54, 1.807) is 12.1 Å². The minimum atomic E-state index is -0.936. The molecule has 0 fully saturated rings. The molecule has 0 atom stereocenters. The number of carboxylic acid groups (broad SMARTS) is 1. The maximum atomic E-state index is 10.6. The van der Waals surface area contributed by atoms with E-state index in [9.17, 15) is 4.79 Å². The lowest BCUT2D eigenvalue weighted by atomic mass is 10.2. The van der Waals surface area contributed by atoms with Gasteiger partial charge in [0.1, 0.15) is 12.4 Å². The van der Waals surface area contributed by atoms with E-state index >= 15 is 0 Å². The predicted octanol–water partition coefficient (Wildman–Crippen LogP) is 2.26. The van der Waals surface area contributed by atoms with Crippen LogP contribution in [-0.4, -0.2) is 30.8 Å². The number of aromatic carboxylic acids is 1. The fraction of sp³-hybridized carbons (Fsp3) is 0.250. The smallest absolute Gasteiger partial charge is 0.335 e. The quantitative estimate of drug-likeness (QED) is 0.758. The van der Waals surface area contributed by atoms with E-state index in [0.29, 0.717) is 25.4 Å². The molecule has 5 heteroatoms. The molecule has 0 aliphatic heterocycles. The van der Waals surface area contributed by atoms with Gasteiger partial charge in [-0.25, -0.2) is 4.79 Å². The maximum Gasteiger partial charge on any atom is 0.335 e. The zero-order chi connectivity index (χ0) is 12.7. The molecule has 0 saturated heterocycles. The van der Waals surface area contributed by atoms with Crippen LogP contribution in [0.4, 0.5) is 0 Å². The molecule has 1 aromatic rings. The van der Waals surface area contributed by atoms with Crippen LogP contribution in [0.3, 0.4) is 0 Å². The molecular formula is C12H14BrNO3. The summed E-state index contributed by atoms with van der Waals surface area (Å²) >= 11 is 3.24. The first-order valence-corrected chi connectivity index (χ1v) is 5.89. The van der Waals surface area contributed by atoms with Crippen LogP contribution in [0, 0.1) is 0 Å². The lowest BCUT2D eigenvalue weighted by molar-refractivity contribution is 0.0697. The lowest BCUT2D eigenvalue weighted by Gasteiger charge is -2.07. The first-order chi connectivity index (χ1) is 8.09. The van der Waals surface area contributed by atoms with E-state index < -0.39 is 5.97 Å². The molecule has 1 rings (SSSR count). The molecule has 0 amide bonds. The highest BCUT2D eigenvalue weighted by atomic mass is 79.9. The van der Waals surface area contributed by atoms with Gasteiger partial charge in [0.25, 0.3) is 0 Å². The van der Waals surface area contributed by atoms with E-state index in [-0.39, 0.29) is 5.56 Å². The summed E-state index contributed by atoms with van der Waals surface area (Å²) in [6, 6.07) is 6.33. The molecule has 0 aliphatic carbocycles. The van der Waals surface area contributed by atoms with Gasteiger partial charge in [0.05, 0.1) is 5.56 Å². The Bertz CT molecular complexity index is 389. The van der Waals surface area contributed by atoms with Gasteiger partial charge in [-0.05, 0) is 24.3 Å². The first kappa shape index (κ1) is 13.7. The fourth-order valence-corrected chi connectivity index (χ4v) is 1.36. The number of ether oxygens (including phenoxy) is 1. The molecule has 17 heavy (non-hydrogen) atoms. The average Bonchev–Trinajstić information content (AvgIpc) is 2.29. The van der Waals surface area contributed by atoms with E-state index in [2.05, 4.69) is 27.8 Å². The van der Waals surface area contributed by atoms with Crippen molar-refractivity contribution in [2.45, 2.75) is 0 Å². The van der Waals surface area contributed by atoms with Crippen molar-refractivity contribution in [1.82, 2.24) is 5.32 Å². The molecule has 0 aliphatic rings. The third-order valence-corrected chi connectivity index (χ3v) is 2.25. The van der Waals surface area contributed by atoms with Crippen molar-refractivity contribution in [2.24, 2.45) is 0 Å². The first-order valence-electron chi connectivity index (χ1n) is 5.10. The Labute approximate surface area is 108 Å². The third kappa shape index (κ3) is 5.51. The van der Waals surface area contributed by atoms with Gasteiger partial charge in [0.15, 0.2) is 0 Å². The van der Waals surface area contributed by atoms with Gasteiger partial charge in [0, 0.05) is 17.6 Å². The monoisotopic (exact) mass is 299 g/mol. The highest BCUT2D eigenvalue weighted by molar-refractivity contribution is 9.11.